The molecule has 180 valence electrons. The van der Waals surface area contributed by atoms with Crippen LogP contribution in [0.3, 0.4) is 0 Å². The molecule has 4 aromatic carbocycles. The molecule has 0 aliphatic carbocycles. The molecule has 0 heterocycles. The predicted molar refractivity (Wildman–Crippen MR) is 151 cm³/mol. The standard InChI is InChI=1S/C32H34OP.ClH/c1-24-23-32(33-5)27(4)26(3)31(24)22-21-25(2)34(28-15-9-6-10-16-28,29-17-11-7-12-18-29)30-19-13-8-14-20-30;/h6-23,25H,1-5H3;1H/q+1;/p-1. The summed E-state index contributed by atoms with van der Waals surface area (Å²) in [7, 11) is -0.203. The first-order valence-corrected chi connectivity index (χ1v) is 13.7. The first-order chi connectivity index (χ1) is 16.5. The van der Waals surface area contributed by atoms with E-state index in [2.05, 4.69) is 137 Å². The number of hydrogen-bond donors (Lipinski definition) is 0. The summed E-state index contributed by atoms with van der Waals surface area (Å²) in [6.07, 6.45) is 4.77. The first-order valence-electron chi connectivity index (χ1n) is 11.9. The molecule has 3 heteroatoms. The number of hydrogen-bond acceptors (Lipinski definition) is 1. The summed E-state index contributed by atoms with van der Waals surface area (Å²) in [6.45, 7) is 8.90. The molecular weight excluding hydrogens is 467 g/mol. The molecule has 0 radical (unpaired) electrons. The summed E-state index contributed by atoms with van der Waals surface area (Å²) >= 11 is 0. The van der Waals surface area contributed by atoms with Gasteiger partial charge >= 0.3 is 0 Å². The van der Waals surface area contributed by atoms with E-state index in [-0.39, 0.29) is 12.4 Å². The number of methoxy groups -OCH3 is 1. The zero-order valence-electron chi connectivity index (χ0n) is 21.2. The van der Waals surface area contributed by atoms with Crippen molar-refractivity contribution in [3.05, 3.63) is 125 Å². The fourth-order valence-corrected chi connectivity index (χ4v) is 9.62. The Hall–Kier alpha value is -2.86. The Bertz CT molecular complexity index is 1170. The molecule has 0 bridgehead atoms. The number of aryl methyl sites for hydroxylation is 1. The Balaban J connectivity index is 0.00000342. The van der Waals surface area contributed by atoms with Crippen molar-refractivity contribution in [1.82, 2.24) is 0 Å². The highest BCUT2D eigenvalue weighted by atomic mass is 35.5. The third-order valence-corrected chi connectivity index (χ3v) is 11.7. The lowest BCUT2D eigenvalue weighted by Gasteiger charge is -2.31. The molecule has 0 amide bonds. The van der Waals surface area contributed by atoms with E-state index in [0.717, 1.165) is 5.75 Å². The van der Waals surface area contributed by atoms with Crippen LogP contribution < -0.4 is 33.1 Å². The fraction of sp³-hybridized carbons (Fsp3) is 0.188. The lowest BCUT2D eigenvalue weighted by atomic mass is 9.97. The zero-order valence-corrected chi connectivity index (χ0v) is 22.9. The molecule has 0 aromatic heterocycles. The molecule has 1 nitrogen and oxygen atoms in total. The maximum atomic E-state index is 5.60. The minimum Gasteiger partial charge on any atom is -1.00 e. The summed E-state index contributed by atoms with van der Waals surface area (Å²) in [5.74, 6) is 0.958. The van der Waals surface area contributed by atoms with Crippen molar-refractivity contribution in [1.29, 1.82) is 0 Å². The van der Waals surface area contributed by atoms with Crippen LogP contribution in [0.1, 0.15) is 29.2 Å². The van der Waals surface area contributed by atoms with Gasteiger partial charge in [-0.15, -0.1) is 0 Å². The number of ether oxygens (including phenoxy) is 1. The Kier molecular flexibility index (Phi) is 8.95. The van der Waals surface area contributed by atoms with Crippen LogP contribution in [0, 0.1) is 20.8 Å². The van der Waals surface area contributed by atoms with E-state index in [9.17, 15) is 0 Å². The lowest BCUT2D eigenvalue weighted by molar-refractivity contribution is -0.00000714. The minimum absolute atomic E-state index is 0. The van der Waals surface area contributed by atoms with Gasteiger partial charge in [-0.05, 0) is 98.5 Å². The average molecular weight is 501 g/mol. The van der Waals surface area contributed by atoms with Crippen LogP contribution in [0.4, 0.5) is 0 Å². The summed E-state index contributed by atoms with van der Waals surface area (Å²) in [5, 5.41) is 4.22. The van der Waals surface area contributed by atoms with Crippen molar-refractivity contribution in [2.45, 2.75) is 33.4 Å². The van der Waals surface area contributed by atoms with Crippen LogP contribution in [-0.2, 0) is 0 Å². The van der Waals surface area contributed by atoms with E-state index in [1.54, 1.807) is 7.11 Å². The van der Waals surface area contributed by atoms with E-state index in [0.29, 0.717) is 5.66 Å². The second-order valence-corrected chi connectivity index (χ2v) is 12.7. The van der Waals surface area contributed by atoms with Gasteiger partial charge in [0.2, 0.25) is 0 Å². The third kappa shape index (κ3) is 5.08. The van der Waals surface area contributed by atoms with Crippen molar-refractivity contribution < 1.29 is 17.1 Å². The maximum absolute atomic E-state index is 5.60. The van der Waals surface area contributed by atoms with E-state index in [1.165, 1.54) is 38.2 Å². The monoisotopic (exact) mass is 500 g/mol. The molecule has 0 aliphatic heterocycles. The number of rotatable bonds is 7. The number of allylic oxidation sites excluding steroid dienone is 1. The Morgan fingerprint density at radius 1 is 0.686 bits per heavy atom. The van der Waals surface area contributed by atoms with E-state index in [1.807, 2.05) is 0 Å². The SMILES string of the molecule is COc1cc(C)c(C=CC(C)[P+](c2ccccc2)(c2ccccc2)c2ccccc2)c(C)c1C.[Cl-]. The molecule has 4 aromatic rings. The van der Waals surface area contributed by atoms with Crippen molar-refractivity contribution in [2.75, 3.05) is 7.11 Å². The quantitative estimate of drug-likeness (QED) is 0.348. The lowest BCUT2D eigenvalue weighted by Crippen LogP contribution is -3.00. The molecule has 35 heavy (non-hydrogen) atoms. The van der Waals surface area contributed by atoms with Crippen molar-refractivity contribution >= 4 is 29.3 Å². The highest BCUT2D eigenvalue weighted by Crippen LogP contribution is 2.60. The van der Waals surface area contributed by atoms with Crippen molar-refractivity contribution in [2.24, 2.45) is 0 Å². The van der Waals surface area contributed by atoms with Gasteiger partial charge in [0.1, 0.15) is 28.9 Å². The maximum Gasteiger partial charge on any atom is 0.122 e. The van der Waals surface area contributed by atoms with Gasteiger partial charge in [0.15, 0.2) is 0 Å². The topological polar surface area (TPSA) is 9.23 Å². The molecule has 0 saturated carbocycles. The van der Waals surface area contributed by atoms with Crippen LogP contribution in [0.2, 0.25) is 0 Å². The average Bonchev–Trinajstić information content (AvgIpc) is 2.88. The van der Waals surface area contributed by atoms with Gasteiger partial charge < -0.3 is 17.1 Å². The van der Waals surface area contributed by atoms with Crippen LogP contribution in [0.15, 0.2) is 103 Å². The zero-order chi connectivity index (χ0) is 24.1. The molecule has 0 saturated heterocycles. The molecule has 1 unspecified atom stereocenters. The number of halogens is 1. The summed E-state index contributed by atoms with van der Waals surface area (Å²) in [6, 6.07) is 35.4. The van der Waals surface area contributed by atoms with E-state index >= 15 is 0 Å². The van der Waals surface area contributed by atoms with Crippen molar-refractivity contribution in [3.8, 4) is 5.75 Å². The van der Waals surface area contributed by atoms with Gasteiger partial charge in [-0.2, -0.15) is 0 Å². The number of benzene rings is 4. The van der Waals surface area contributed by atoms with Gasteiger partial charge in [0.05, 0.1) is 12.8 Å². The molecule has 0 fully saturated rings. The molecule has 0 N–H and O–H groups in total. The molecule has 1 atom stereocenters. The summed E-state index contributed by atoms with van der Waals surface area (Å²) < 4.78 is 5.60. The smallest absolute Gasteiger partial charge is 0.122 e. The third-order valence-electron chi connectivity index (χ3n) is 6.97. The van der Waals surface area contributed by atoms with Gasteiger partial charge in [-0.1, -0.05) is 60.7 Å². The van der Waals surface area contributed by atoms with Crippen LogP contribution in [0.5, 0.6) is 5.75 Å². The van der Waals surface area contributed by atoms with Crippen LogP contribution in [0.25, 0.3) is 6.08 Å². The minimum atomic E-state index is -1.95. The van der Waals surface area contributed by atoms with E-state index < -0.39 is 7.26 Å². The predicted octanol–water partition coefficient (Wildman–Crippen LogP) is 4.02. The van der Waals surface area contributed by atoms with Gasteiger partial charge in [0, 0.05) is 0 Å². The molecule has 0 aliphatic rings. The Morgan fingerprint density at radius 2 is 1.11 bits per heavy atom. The summed E-state index contributed by atoms with van der Waals surface area (Å²) in [4.78, 5) is 0. The highest BCUT2D eigenvalue weighted by Gasteiger charge is 2.49. The first kappa shape index (κ1) is 26.7. The Labute approximate surface area is 217 Å². The van der Waals surface area contributed by atoms with Gasteiger partial charge in [-0.25, -0.2) is 0 Å². The van der Waals surface area contributed by atoms with E-state index in [4.69, 9.17) is 4.74 Å². The normalized spacial score (nSPS) is 12.3. The Morgan fingerprint density at radius 3 is 1.51 bits per heavy atom. The summed E-state index contributed by atoms with van der Waals surface area (Å²) in [5.41, 5.74) is 5.32. The second kappa shape index (κ2) is 11.7. The van der Waals surface area contributed by atoms with Crippen LogP contribution >= 0.6 is 7.26 Å². The van der Waals surface area contributed by atoms with Gasteiger partial charge in [0.25, 0.3) is 0 Å². The highest BCUT2D eigenvalue weighted by molar-refractivity contribution is 7.96. The fourth-order valence-electron chi connectivity index (χ4n) is 5.04. The second-order valence-electron chi connectivity index (χ2n) is 8.89. The van der Waals surface area contributed by atoms with Crippen LogP contribution in [-0.4, -0.2) is 12.8 Å². The molecule has 0 spiro atoms. The largest absolute Gasteiger partial charge is 1.00 e. The molecular formula is C32H34ClOP. The molecule has 4 rings (SSSR count). The van der Waals surface area contributed by atoms with Gasteiger partial charge in [-0.3, -0.25) is 0 Å². The van der Waals surface area contributed by atoms with Crippen molar-refractivity contribution in [3.63, 3.8) is 0 Å².